The lowest BCUT2D eigenvalue weighted by Gasteiger charge is -2.27. The van der Waals surface area contributed by atoms with E-state index in [0.29, 0.717) is 31.4 Å². The van der Waals surface area contributed by atoms with Crippen LogP contribution in [0.3, 0.4) is 0 Å². The highest BCUT2D eigenvalue weighted by atomic mass is 16.5. The van der Waals surface area contributed by atoms with Crippen molar-refractivity contribution in [2.45, 2.75) is 76.9 Å². The molecule has 0 aliphatic carbocycles. The fourth-order valence-electron chi connectivity index (χ4n) is 4.30. The van der Waals surface area contributed by atoms with Gasteiger partial charge in [0.25, 0.3) is 0 Å². The number of hydrogen-bond donors (Lipinski definition) is 3. The first-order valence-corrected chi connectivity index (χ1v) is 11.2. The number of amides is 2. The van der Waals surface area contributed by atoms with Crippen molar-refractivity contribution in [2.75, 3.05) is 19.7 Å². The van der Waals surface area contributed by atoms with Crippen LogP contribution in [-0.2, 0) is 19.1 Å². The lowest BCUT2D eigenvalue weighted by molar-refractivity contribution is -0.137. The normalized spacial score (nSPS) is 24.8. The topological polar surface area (TPSA) is 114 Å². The van der Waals surface area contributed by atoms with Gasteiger partial charge < -0.3 is 25.2 Å². The van der Waals surface area contributed by atoms with Crippen molar-refractivity contribution in [3.05, 3.63) is 12.2 Å². The van der Waals surface area contributed by atoms with Crippen LogP contribution in [0.25, 0.3) is 0 Å². The number of nitrogens with one attached hydrogen (secondary N) is 2. The van der Waals surface area contributed by atoms with E-state index in [9.17, 15) is 14.4 Å². The Labute approximate surface area is 178 Å². The molecular formula is C22H36N2O6. The predicted octanol–water partition coefficient (Wildman–Crippen LogP) is 3.01. The van der Waals surface area contributed by atoms with Gasteiger partial charge in [0.2, 0.25) is 5.91 Å². The summed E-state index contributed by atoms with van der Waals surface area (Å²) in [5.41, 5.74) is 0. The van der Waals surface area contributed by atoms with Crippen molar-refractivity contribution in [3.8, 4) is 0 Å². The van der Waals surface area contributed by atoms with Crippen LogP contribution in [-0.4, -0.2) is 55.0 Å². The zero-order chi connectivity index (χ0) is 21.8. The molecule has 0 aromatic heterocycles. The number of allylic oxidation sites excluding steroid dienone is 2. The Morgan fingerprint density at radius 2 is 1.87 bits per heavy atom. The number of ether oxygens (including phenoxy) is 2. The van der Waals surface area contributed by atoms with Gasteiger partial charge in [-0.1, -0.05) is 25.5 Å². The standard InChI is InChI=1S/C22H36N2O6/c1-2-3-13-23-20(25)15-24-22(28)29-14-12-17-16(18-10-11-19(17)30-18)8-6-4-5-7-9-21(26)27/h4,6,16-19H,2-3,5,7-15H2,1H3,(H,23,25)(H,24,28)(H,26,27)/t16-,17+,18-,19+/m1/s1. The van der Waals surface area contributed by atoms with Crippen LogP contribution in [0.5, 0.6) is 0 Å². The summed E-state index contributed by atoms with van der Waals surface area (Å²) in [6, 6.07) is 0. The largest absolute Gasteiger partial charge is 0.481 e. The van der Waals surface area contributed by atoms with E-state index < -0.39 is 12.1 Å². The molecule has 3 N–H and O–H groups in total. The van der Waals surface area contributed by atoms with E-state index in [1.54, 1.807) is 0 Å². The van der Waals surface area contributed by atoms with Gasteiger partial charge in [-0.05, 0) is 56.8 Å². The van der Waals surface area contributed by atoms with E-state index in [1.165, 1.54) is 0 Å². The fourth-order valence-corrected chi connectivity index (χ4v) is 4.30. The number of rotatable bonds is 14. The highest BCUT2D eigenvalue weighted by Crippen LogP contribution is 2.46. The summed E-state index contributed by atoms with van der Waals surface area (Å²) in [4.78, 5) is 34.0. The molecule has 2 bridgehead atoms. The van der Waals surface area contributed by atoms with Crippen LogP contribution in [0.1, 0.15) is 64.7 Å². The van der Waals surface area contributed by atoms with Crippen molar-refractivity contribution in [3.63, 3.8) is 0 Å². The number of carbonyl (C=O) groups excluding carboxylic acids is 2. The third-order valence-corrected chi connectivity index (χ3v) is 5.86. The number of hydrogen-bond acceptors (Lipinski definition) is 5. The summed E-state index contributed by atoms with van der Waals surface area (Å²) in [7, 11) is 0. The number of carbonyl (C=O) groups is 3. The van der Waals surface area contributed by atoms with Crippen LogP contribution in [0, 0.1) is 11.8 Å². The maximum atomic E-state index is 11.8. The summed E-state index contributed by atoms with van der Waals surface area (Å²) in [6.07, 6.45) is 11.4. The molecule has 0 aromatic carbocycles. The second-order valence-electron chi connectivity index (χ2n) is 8.09. The molecule has 0 saturated carbocycles. The van der Waals surface area contributed by atoms with Gasteiger partial charge in [-0.2, -0.15) is 0 Å². The number of aliphatic carboxylic acids is 1. The van der Waals surface area contributed by atoms with Crippen LogP contribution in [0.15, 0.2) is 12.2 Å². The average Bonchev–Trinajstić information content (AvgIpc) is 3.31. The Balaban J connectivity index is 1.64. The van der Waals surface area contributed by atoms with E-state index in [-0.39, 0.29) is 31.1 Å². The molecule has 2 amide bonds. The minimum Gasteiger partial charge on any atom is -0.481 e. The molecule has 0 aromatic rings. The Morgan fingerprint density at radius 1 is 1.10 bits per heavy atom. The molecule has 170 valence electrons. The Bertz CT molecular complexity index is 594. The summed E-state index contributed by atoms with van der Waals surface area (Å²) in [6.45, 7) is 2.90. The quantitative estimate of drug-likeness (QED) is 0.292. The lowest BCUT2D eigenvalue weighted by Crippen LogP contribution is -2.37. The molecule has 0 spiro atoms. The van der Waals surface area contributed by atoms with Crippen molar-refractivity contribution in [1.29, 1.82) is 0 Å². The Morgan fingerprint density at radius 3 is 2.60 bits per heavy atom. The number of carboxylic acids is 1. The highest BCUT2D eigenvalue weighted by Gasteiger charge is 2.47. The predicted molar refractivity (Wildman–Crippen MR) is 112 cm³/mol. The van der Waals surface area contributed by atoms with Gasteiger partial charge in [-0.3, -0.25) is 9.59 Å². The molecule has 0 unspecified atom stereocenters. The summed E-state index contributed by atoms with van der Waals surface area (Å²) in [5.74, 6) is -0.198. The van der Waals surface area contributed by atoms with Crippen molar-refractivity contribution < 1.29 is 29.0 Å². The van der Waals surface area contributed by atoms with Crippen molar-refractivity contribution in [2.24, 2.45) is 11.8 Å². The van der Waals surface area contributed by atoms with Gasteiger partial charge in [0.15, 0.2) is 0 Å². The molecule has 2 fully saturated rings. The molecule has 2 rings (SSSR count). The van der Waals surface area contributed by atoms with Crippen LogP contribution in [0.2, 0.25) is 0 Å². The van der Waals surface area contributed by atoms with Crippen molar-refractivity contribution in [1.82, 2.24) is 10.6 Å². The van der Waals surface area contributed by atoms with Gasteiger partial charge in [-0.15, -0.1) is 0 Å². The summed E-state index contributed by atoms with van der Waals surface area (Å²) < 4.78 is 11.3. The number of carboxylic acid groups (broad SMARTS) is 1. The van der Waals surface area contributed by atoms with E-state index in [1.807, 2.05) is 6.92 Å². The lowest BCUT2D eigenvalue weighted by atomic mass is 9.76. The van der Waals surface area contributed by atoms with E-state index in [2.05, 4.69) is 22.8 Å². The third kappa shape index (κ3) is 8.34. The highest BCUT2D eigenvalue weighted by molar-refractivity contribution is 5.82. The zero-order valence-electron chi connectivity index (χ0n) is 17.9. The van der Waals surface area contributed by atoms with Crippen molar-refractivity contribution >= 4 is 18.0 Å². The molecule has 8 heteroatoms. The zero-order valence-corrected chi connectivity index (χ0v) is 17.9. The molecule has 0 radical (unpaired) electrons. The minimum atomic E-state index is -0.758. The number of alkyl carbamates (subject to hydrolysis) is 1. The fraction of sp³-hybridized carbons (Fsp3) is 0.773. The molecule has 2 heterocycles. The molecule has 30 heavy (non-hydrogen) atoms. The van der Waals surface area contributed by atoms with Crippen LogP contribution in [0.4, 0.5) is 4.79 Å². The molecule has 2 aliphatic heterocycles. The van der Waals surface area contributed by atoms with Gasteiger partial charge in [0.1, 0.15) is 0 Å². The van der Waals surface area contributed by atoms with Gasteiger partial charge in [-0.25, -0.2) is 4.79 Å². The Kier molecular flexibility index (Phi) is 10.7. The van der Waals surface area contributed by atoms with E-state index in [4.69, 9.17) is 14.6 Å². The summed E-state index contributed by atoms with van der Waals surface area (Å²) in [5, 5.41) is 13.9. The number of unbranched alkanes of at least 4 members (excludes halogenated alkanes) is 2. The maximum absolute atomic E-state index is 11.8. The molecule has 2 aliphatic rings. The second kappa shape index (κ2) is 13.3. The smallest absolute Gasteiger partial charge is 0.407 e. The molecule has 4 atom stereocenters. The Hall–Kier alpha value is -2.09. The summed E-state index contributed by atoms with van der Waals surface area (Å²) >= 11 is 0. The number of fused-ring (bicyclic) bond motifs is 2. The molecular weight excluding hydrogens is 388 g/mol. The monoisotopic (exact) mass is 424 g/mol. The first kappa shape index (κ1) is 24.2. The van der Waals surface area contributed by atoms with E-state index >= 15 is 0 Å². The first-order valence-electron chi connectivity index (χ1n) is 11.2. The maximum Gasteiger partial charge on any atom is 0.407 e. The van der Waals surface area contributed by atoms with Gasteiger partial charge in [0.05, 0.1) is 25.4 Å². The second-order valence-corrected chi connectivity index (χ2v) is 8.09. The molecule has 8 nitrogen and oxygen atoms in total. The minimum absolute atomic E-state index is 0.0743. The van der Waals surface area contributed by atoms with Gasteiger partial charge >= 0.3 is 12.1 Å². The van der Waals surface area contributed by atoms with Crippen LogP contribution < -0.4 is 10.6 Å². The first-order chi connectivity index (χ1) is 14.5. The van der Waals surface area contributed by atoms with Gasteiger partial charge in [0, 0.05) is 13.0 Å². The molecule has 2 saturated heterocycles. The third-order valence-electron chi connectivity index (χ3n) is 5.86. The average molecular weight is 425 g/mol. The SMILES string of the molecule is CCCCNC(=O)CNC(=O)OCC[C@H]1[C@@H](CC=CCCCC(=O)O)[C@H]2CC[C@@H]1O2. The van der Waals surface area contributed by atoms with E-state index in [0.717, 1.165) is 44.9 Å². The van der Waals surface area contributed by atoms with Crippen LogP contribution >= 0.6 is 0 Å².